The van der Waals surface area contributed by atoms with Crippen molar-refractivity contribution in [3.8, 4) is 0 Å². The van der Waals surface area contributed by atoms with Crippen LogP contribution in [0.3, 0.4) is 0 Å². The van der Waals surface area contributed by atoms with Gasteiger partial charge in [0.2, 0.25) is 5.91 Å². The molecule has 0 saturated heterocycles. The van der Waals surface area contributed by atoms with E-state index in [9.17, 15) is 9.59 Å². The summed E-state index contributed by atoms with van der Waals surface area (Å²) >= 11 is 0. The van der Waals surface area contributed by atoms with Crippen molar-refractivity contribution in [1.29, 1.82) is 0 Å². The number of aryl methyl sites for hydroxylation is 1. The summed E-state index contributed by atoms with van der Waals surface area (Å²) in [7, 11) is 1.54. The average molecular weight is 278 g/mol. The van der Waals surface area contributed by atoms with Crippen LogP contribution in [-0.4, -0.2) is 36.4 Å². The number of carbonyl (C=O) groups is 2. The molecule has 1 atom stereocenters. The Balaban J connectivity index is 2.81. The van der Waals surface area contributed by atoms with Crippen molar-refractivity contribution >= 4 is 17.6 Å². The summed E-state index contributed by atoms with van der Waals surface area (Å²) in [6.45, 7) is 6.32. The standard InChI is InChI=1S/C14H22N4O2/c1-5-6-16-12-8-11(7-9(2)17-12)14(20)18-10(3)13(19)15-4/h7-8,10H,5-6H2,1-4H3,(H,15,19)(H,16,17)(H,18,20). The number of rotatable bonds is 6. The highest BCUT2D eigenvalue weighted by Gasteiger charge is 2.16. The highest BCUT2D eigenvalue weighted by Crippen LogP contribution is 2.10. The molecule has 1 rings (SSSR count). The molecule has 0 aromatic carbocycles. The van der Waals surface area contributed by atoms with E-state index in [4.69, 9.17) is 0 Å². The summed E-state index contributed by atoms with van der Waals surface area (Å²) in [4.78, 5) is 27.8. The molecule has 3 N–H and O–H groups in total. The Hall–Kier alpha value is -2.11. The van der Waals surface area contributed by atoms with Gasteiger partial charge in [-0.3, -0.25) is 9.59 Å². The molecule has 0 aliphatic heterocycles. The Bertz CT molecular complexity index is 488. The number of hydrogen-bond acceptors (Lipinski definition) is 4. The normalized spacial score (nSPS) is 11.6. The van der Waals surface area contributed by atoms with Crippen LogP contribution >= 0.6 is 0 Å². The number of nitrogens with zero attached hydrogens (tertiary/aromatic N) is 1. The van der Waals surface area contributed by atoms with Crippen LogP contribution < -0.4 is 16.0 Å². The van der Waals surface area contributed by atoms with Crippen LogP contribution in [0.4, 0.5) is 5.82 Å². The molecule has 0 bridgehead atoms. The van der Waals surface area contributed by atoms with E-state index in [-0.39, 0.29) is 11.8 Å². The highest BCUT2D eigenvalue weighted by molar-refractivity contribution is 5.98. The lowest BCUT2D eigenvalue weighted by Crippen LogP contribution is -2.43. The molecule has 0 aliphatic rings. The number of amides is 2. The van der Waals surface area contributed by atoms with Gasteiger partial charge in [-0.1, -0.05) is 6.92 Å². The number of anilines is 1. The maximum atomic E-state index is 12.1. The number of aromatic nitrogens is 1. The van der Waals surface area contributed by atoms with Crippen molar-refractivity contribution in [3.05, 3.63) is 23.4 Å². The number of nitrogens with one attached hydrogen (secondary N) is 3. The van der Waals surface area contributed by atoms with Gasteiger partial charge in [-0.2, -0.15) is 0 Å². The molecule has 20 heavy (non-hydrogen) atoms. The van der Waals surface area contributed by atoms with Crippen molar-refractivity contribution < 1.29 is 9.59 Å². The predicted molar refractivity (Wildman–Crippen MR) is 78.7 cm³/mol. The molecular weight excluding hydrogens is 256 g/mol. The van der Waals surface area contributed by atoms with E-state index in [1.807, 2.05) is 6.92 Å². The summed E-state index contributed by atoms with van der Waals surface area (Å²) < 4.78 is 0. The van der Waals surface area contributed by atoms with Crippen LogP contribution in [0.25, 0.3) is 0 Å². The van der Waals surface area contributed by atoms with Gasteiger partial charge in [0.25, 0.3) is 5.91 Å². The first-order valence-corrected chi connectivity index (χ1v) is 6.73. The van der Waals surface area contributed by atoms with Gasteiger partial charge in [-0.15, -0.1) is 0 Å². The smallest absolute Gasteiger partial charge is 0.252 e. The number of carbonyl (C=O) groups excluding carboxylic acids is 2. The first-order chi connectivity index (χ1) is 9.47. The van der Waals surface area contributed by atoms with Crippen molar-refractivity contribution in [3.63, 3.8) is 0 Å². The molecule has 0 radical (unpaired) electrons. The second-order valence-electron chi connectivity index (χ2n) is 4.62. The van der Waals surface area contributed by atoms with Gasteiger partial charge in [0.05, 0.1) is 0 Å². The van der Waals surface area contributed by atoms with Gasteiger partial charge in [0.15, 0.2) is 0 Å². The second kappa shape index (κ2) is 7.47. The molecule has 110 valence electrons. The predicted octanol–water partition coefficient (Wildman–Crippen LogP) is 1.08. The zero-order chi connectivity index (χ0) is 15.1. The van der Waals surface area contributed by atoms with Gasteiger partial charge in [0.1, 0.15) is 11.9 Å². The minimum Gasteiger partial charge on any atom is -0.370 e. The Morgan fingerprint density at radius 1 is 1.35 bits per heavy atom. The summed E-state index contributed by atoms with van der Waals surface area (Å²) in [5.74, 6) is 0.157. The van der Waals surface area contributed by atoms with Crippen LogP contribution in [0.1, 0.15) is 36.3 Å². The summed E-state index contributed by atoms with van der Waals surface area (Å²) in [5.41, 5.74) is 1.25. The largest absolute Gasteiger partial charge is 0.370 e. The third-order valence-electron chi connectivity index (χ3n) is 2.76. The van der Waals surface area contributed by atoms with Crippen molar-refractivity contribution in [1.82, 2.24) is 15.6 Å². The van der Waals surface area contributed by atoms with Gasteiger partial charge >= 0.3 is 0 Å². The maximum Gasteiger partial charge on any atom is 0.252 e. The summed E-state index contributed by atoms with van der Waals surface area (Å²) in [5, 5.41) is 8.29. The van der Waals surface area contributed by atoms with Crippen LogP contribution in [0, 0.1) is 6.92 Å². The van der Waals surface area contributed by atoms with Gasteiger partial charge < -0.3 is 16.0 Å². The minimum atomic E-state index is -0.576. The quantitative estimate of drug-likeness (QED) is 0.727. The maximum absolute atomic E-state index is 12.1. The Labute approximate surface area is 119 Å². The van der Waals surface area contributed by atoms with Gasteiger partial charge in [-0.25, -0.2) is 4.98 Å². The zero-order valence-corrected chi connectivity index (χ0v) is 12.4. The number of hydrogen-bond donors (Lipinski definition) is 3. The monoisotopic (exact) mass is 278 g/mol. The van der Waals surface area contributed by atoms with E-state index < -0.39 is 6.04 Å². The molecule has 6 heteroatoms. The molecule has 1 aromatic heterocycles. The van der Waals surface area contributed by atoms with Crippen LogP contribution in [0.15, 0.2) is 12.1 Å². The molecule has 0 saturated carbocycles. The molecule has 0 aliphatic carbocycles. The average Bonchev–Trinajstić information content (AvgIpc) is 2.43. The SMILES string of the molecule is CCCNc1cc(C(=O)NC(C)C(=O)NC)cc(C)n1. The van der Waals surface area contributed by atoms with E-state index in [1.165, 1.54) is 7.05 Å². The molecule has 6 nitrogen and oxygen atoms in total. The number of pyridine rings is 1. The van der Waals surface area contributed by atoms with Crippen molar-refractivity contribution in [2.75, 3.05) is 18.9 Å². The first kappa shape index (κ1) is 15.9. The van der Waals surface area contributed by atoms with Gasteiger partial charge in [-0.05, 0) is 32.4 Å². The Morgan fingerprint density at radius 3 is 2.65 bits per heavy atom. The second-order valence-corrected chi connectivity index (χ2v) is 4.62. The molecule has 1 aromatic rings. The van der Waals surface area contributed by atoms with Crippen LogP contribution in [0.2, 0.25) is 0 Å². The van der Waals surface area contributed by atoms with Crippen molar-refractivity contribution in [2.45, 2.75) is 33.2 Å². The molecule has 1 unspecified atom stereocenters. The molecule has 0 fully saturated rings. The summed E-state index contributed by atoms with van der Waals surface area (Å²) in [6.07, 6.45) is 0.977. The van der Waals surface area contributed by atoms with Crippen molar-refractivity contribution in [2.24, 2.45) is 0 Å². The number of likely N-dealkylation sites (N-methyl/N-ethyl adjacent to an activating group) is 1. The van der Waals surface area contributed by atoms with E-state index in [0.717, 1.165) is 18.7 Å². The van der Waals surface area contributed by atoms with Crippen LogP contribution in [-0.2, 0) is 4.79 Å². The van der Waals surface area contributed by atoms with Gasteiger partial charge in [0, 0.05) is 24.8 Å². The third-order valence-corrected chi connectivity index (χ3v) is 2.76. The van der Waals surface area contributed by atoms with Crippen LogP contribution in [0.5, 0.6) is 0 Å². The third kappa shape index (κ3) is 4.53. The zero-order valence-electron chi connectivity index (χ0n) is 12.4. The molecule has 1 heterocycles. The highest BCUT2D eigenvalue weighted by atomic mass is 16.2. The Kier molecular flexibility index (Phi) is 5.96. The fraction of sp³-hybridized carbons (Fsp3) is 0.500. The Morgan fingerprint density at radius 2 is 2.05 bits per heavy atom. The lowest BCUT2D eigenvalue weighted by molar-refractivity contribution is -0.122. The molecule has 2 amide bonds. The fourth-order valence-electron chi connectivity index (χ4n) is 1.71. The topological polar surface area (TPSA) is 83.1 Å². The lowest BCUT2D eigenvalue weighted by Gasteiger charge is -2.13. The lowest BCUT2D eigenvalue weighted by atomic mass is 10.2. The summed E-state index contributed by atoms with van der Waals surface area (Å²) in [6, 6.07) is 2.81. The van der Waals surface area contributed by atoms with E-state index >= 15 is 0 Å². The van der Waals surface area contributed by atoms with E-state index in [0.29, 0.717) is 11.4 Å². The molecule has 0 spiro atoms. The fourth-order valence-corrected chi connectivity index (χ4v) is 1.71. The minimum absolute atomic E-state index is 0.228. The van der Waals surface area contributed by atoms with E-state index in [2.05, 4.69) is 27.9 Å². The first-order valence-electron chi connectivity index (χ1n) is 6.73. The molecular formula is C14H22N4O2. The van der Waals surface area contributed by atoms with E-state index in [1.54, 1.807) is 19.1 Å².